The van der Waals surface area contributed by atoms with Gasteiger partial charge in [-0.1, -0.05) is 97.1 Å². The molecular weight excluding hydrogens is 404 g/mol. The maximum absolute atomic E-state index is 9.28. The summed E-state index contributed by atoms with van der Waals surface area (Å²) in [7, 11) is 0. The Morgan fingerprint density at radius 2 is 1.39 bits per heavy atom. The summed E-state index contributed by atoms with van der Waals surface area (Å²) in [6, 6.07) is 36.4. The summed E-state index contributed by atoms with van der Waals surface area (Å²) in [5.41, 5.74) is 10.3. The SMILES string of the molecule is N#CN=C(N=C(N)c1cccc2ccccc12)c1ccc2cc(-c3ccccc3)ccc2c1. The highest BCUT2D eigenvalue weighted by molar-refractivity contribution is 6.16. The van der Waals surface area contributed by atoms with Crippen molar-refractivity contribution in [3.63, 3.8) is 0 Å². The average Bonchev–Trinajstić information content (AvgIpc) is 2.88. The zero-order chi connectivity index (χ0) is 22.6. The van der Waals surface area contributed by atoms with Gasteiger partial charge in [0, 0.05) is 11.1 Å². The largest absolute Gasteiger partial charge is 0.383 e. The Kier molecular flexibility index (Phi) is 5.37. The number of hydrogen-bond acceptors (Lipinski definition) is 2. The van der Waals surface area contributed by atoms with E-state index in [1.165, 1.54) is 5.56 Å². The molecule has 156 valence electrons. The number of aliphatic imine (C=N–C) groups is 2. The Labute approximate surface area is 192 Å². The van der Waals surface area contributed by atoms with Gasteiger partial charge in [0.05, 0.1) is 0 Å². The van der Waals surface area contributed by atoms with Gasteiger partial charge in [-0.2, -0.15) is 10.3 Å². The summed E-state index contributed by atoms with van der Waals surface area (Å²) >= 11 is 0. The molecule has 0 atom stereocenters. The van der Waals surface area contributed by atoms with E-state index in [-0.39, 0.29) is 5.84 Å². The summed E-state index contributed by atoms with van der Waals surface area (Å²) < 4.78 is 0. The van der Waals surface area contributed by atoms with Crippen LogP contribution in [-0.4, -0.2) is 11.7 Å². The fourth-order valence-corrected chi connectivity index (χ4v) is 4.02. The normalized spacial score (nSPS) is 12.1. The smallest absolute Gasteiger partial charge is 0.207 e. The second-order valence-corrected chi connectivity index (χ2v) is 7.70. The molecular formula is C29H20N4. The van der Waals surface area contributed by atoms with E-state index in [4.69, 9.17) is 5.73 Å². The van der Waals surface area contributed by atoms with Crippen LogP contribution in [0.3, 0.4) is 0 Å². The fraction of sp³-hybridized carbons (Fsp3) is 0. The summed E-state index contributed by atoms with van der Waals surface area (Å²) in [5, 5.41) is 13.5. The molecule has 2 N–H and O–H groups in total. The maximum Gasteiger partial charge on any atom is 0.207 e. The number of benzene rings is 5. The van der Waals surface area contributed by atoms with E-state index in [1.807, 2.05) is 85.1 Å². The second-order valence-electron chi connectivity index (χ2n) is 7.70. The highest BCUT2D eigenvalue weighted by atomic mass is 15.0. The first-order valence-electron chi connectivity index (χ1n) is 10.6. The quantitative estimate of drug-likeness (QED) is 0.210. The molecule has 0 fully saturated rings. The van der Waals surface area contributed by atoms with Crippen LogP contribution in [0.4, 0.5) is 0 Å². The lowest BCUT2D eigenvalue weighted by Crippen LogP contribution is -2.16. The van der Waals surface area contributed by atoms with E-state index < -0.39 is 0 Å². The van der Waals surface area contributed by atoms with E-state index in [1.54, 1.807) is 0 Å². The minimum absolute atomic E-state index is 0.289. The maximum atomic E-state index is 9.28. The Bertz CT molecular complexity index is 1570. The number of nitrogens with two attached hydrogens (primary N) is 1. The molecule has 5 aromatic carbocycles. The topological polar surface area (TPSA) is 74.5 Å². The Morgan fingerprint density at radius 1 is 0.667 bits per heavy atom. The molecule has 5 rings (SSSR count). The van der Waals surface area contributed by atoms with Crippen molar-refractivity contribution in [3.05, 3.63) is 120 Å². The van der Waals surface area contributed by atoms with Crippen molar-refractivity contribution in [2.24, 2.45) is 15.7 Å². The van der Waals surface area contributed by atoms with Crippen molar-refractivity contribution in [3.8, 4) is 17.3 Å². The van der Waals surface area contributed by atoms with E-state index >= 15 is 0 Å². The van der Waals surface area contributed by atoms with Crippen molar-refractivity contribution >= 4 is 33.2 Å². The van der Waals surface area contributed by atoms with Crippen molar-refractivity contribution in [2.45, 2.75) is 0 Å². The van der Waals surface area contributed by atoms with Gasteiger partial charge in [-0.25, -0.2) is 4.99 Å². The number of nitriles is 1. The zero-order valence-electron chi connectivity index (χ0n) is 17.8. The molecule has 0 bridgehead atoms. The van der Waals surface area contributed by atoms with Crippen LogP contribution in [0, 0.1) is 11.5 Å². The first-order chi connectivity index (χ1) is 16.2. The van der Waals surface area contributed by atoms with Crippen molar-refractivity contribution in [1.82, 2.24) is 0 Å². The molecule has 0 aliphatic rings. The molecule has 0 radical (unpaired) electrons. The van der Waals surface area contributed by atoms with Crippen LogP contribution in [0.15, 0.2) is 119 Å². The predicted molar refractivity (Wildman–Crippen MR) is 136 cm³/mol. The highest BCUT2D eigenvalue weighted by Crippen LogP contribution is 2.26. The molecule has 0 spiro atoms. The molecule has 33 heavy (non-hydrogen) atoms. The lowest BCUT2D eigenvalue weighted by molar-refractivity contribution is 1.40. The Morgan fingerprint density at radius 3 is 2.24 bits per heavy atom. The number of nitrogens with zero attached hydrogens (tertiary/aromatic N) is 3. The molecule has 0 unspecified atom stereocenters. The van der Waals surface area contributed by atoms with Gasteiger partial charge in [0.2, 0.25) is 6.19 Å². The predicted octanol–water partition coefficient (Wildman–Crippen LogP) is 6.29. The van der Waals surface area contributed by atoms with E-state index in [2.05, 4.69) is 40.3 Å². The van der Waals surface area contributed by atoms with Gasteiger partial charge < -0.3 is 5.73 Å². The van der Waals surface area contributed by atoms with Crippen LogP contribution in [0.5, 0.6) is 0 Å². The first-order valence-corrected chi connectivity index (χ1v) is 10.6. The number of amidine groups is 2. The van der Waals surface area contributed by atoms with Crippen LogP contribution in [0.25, 0.3) is 32.7 Å². The van der Waals surface area contributed by atoms with Crippen molar-refractivity contribution < 1.29 is 0 Å². The summed E-state index contributed by atoms with van der Waals surface area (Å²) in [6.45, 7) is 0. The molecule has 0 aliphatic carbocycles. The van der Waals surface area contributed by atoms with E-state index in [0.717, 1.165) is 38.2 Å². The van der Waals surface area contributed by atoms with Gasteiger partial charge in [0.1, 0.15) is 5.84 Å². The van der Waals surface area contributed by atoms with Gasteiger partial charge >= 0.3 is 0 Å². The van der Waals surface area contributed by atoms with Gasteiger partial charge in [0.25, 0.3) is 0 Å². The molecule has 0 heterocycles. The third-order valence-electron chi connectivity index (χ3n) is 5.65. The van der Waals surface area contributed by atoms with E-state index in [9.17, 15) is 5.26 Å². The van der Waals surface area contributed by atoms with E-state index in [0.29, 0.717) is 5.84 Å². The second kappa shape index (κ2) is 8.78. The number of rotatable bonds is 3. The molecule has 4 heteroatoms. The van der Waals surface area contributed by atoms with Gasteiger partial charge in [-0.3, -0.25) is 0 Å². The molecule has 5 aromatic rings. The van der Waals surface area contributed by atoms with Crippen LogP contribution in [0.1, 0.15) is 11.1 Å². The summed E-state index contributed by atoms with van der Waals surface area (Å²) in [4.78, 5) is 8.52. The fourth-order valence-electron chi connectivity index (χ4n) is 4.02. The third-order valence-corrected chi connectivity index (χ3v) is 5.65. The Balaban J connectivity index is 1.54. The molecule has 0 aromatic heterocycles. The molecule has 0 aliphatic heterocycles. The number of hydrogen-bond donors (Lipinski definition) is 1. The molecule has 0 saturated heterocycles. The lowest BCUT2D eigenvalue weighted by Gasteiger charge is -2.08. The monoisotopic (exact) mass is 424 g/mol. The van der Waals surface area contributed by atoms with Crippen LogP contribution < -0.4 is 5.73 Å². The van der Waals surface area contributed by atoms with Crippen molar-refractivity contribution in [2.75, 3.05) is 0 Å². The highest BCUT2D eigenvalue weighted by Gasteiger charge is 2.09. The zero-order valence-corrected chi connectivity index (χ0v) is 17.8. The Hall–Kier alpha value is -4.75. The van der Waals surface area contributed by atoms with Gasteiger partial charge in [-0.05, 0) is 44.8 Å². The van der Waals surface area contributed by atoms with Gasteiger partial charge in [0.15, 0.2) is 5.84 Å². The summed E-state index contributed by atoms with van der Waals surface area (Å²) in [6.07, 6.45) is 1.86. The number of fused-ring (bicyclic) bond motifs is 2. The molecule has 0 saturated carbocycles. The summed E-state index contributed by atoms with van der Waals surface area (Å²) in [5.74, 6) is 0.609. The van der Waals surface area contributed by atoms with Crippen LogP contribution in [-0.2, 0) is 0 Å². The van der Waals surface area contributed by atoms with Crippen LogP contribution >= 0.6 is 0 Å². The standard InChI is InChI=1S/C29H20N4/c30-19-32-29(33-28(31)27-12-6-10-21-9-4-5-11-26(21)27)25-16-15-23-17-22(13-14-24(23)18-25)20-7-2-1-3-8-20/h1-18H,(H2,31,32,33). The third kappa shape index (κ3) is 4.08. The average molecular weight is 425 g/mol. The minimum atomic E-state index is 0.289. The molecule has 0 amide bonds. The molecule has 4 nitrogen and oxygen atoms in total. The lowest BCUT2D eigenvalue weighted by atomic mass is 10.00. The van der Waals surface area contributed by atoms with Crippen molar-refractivity contribution in [1.29, 1.82) is 5.26 Å². The van der Waals surface area contributed by atoms with Crippen LogP contribution in [0.2, 0.25) is 0 Å². The van der Waals surface area contributed by atoms with Gasteiger partial charge in [-0.15, -0.1) is 0 Å². The minimum Gasteiger partial charge on any atom is -0.383 e. The first kappa shape index (κ1) is 20.2.